The van der Waals surface area contributed by atoms with Gasteiger partial charge in [-0.1, -0.05) is 24.3 Å². The number of benzene rings is 1. The zero-order chi connectivity index (χ0) is 16.2. The Hall–Kier alpha value is -1.33. The first-order valence-corrected chi connectivity index (χ1v) is 8.97. The van der Waals surface area contributed by atoms with E-state index in [2.05, 4.69) is 51.2 Å². The Balaban J connectivity index is 0.00000121. The third-order valence-corrected chi connectivity index (χ3v) is 5.20. The minimum atomic E-state index is 0. The van der Waals surface area contributed by atoms with Crippen molar-refractivity contribution >= 4 is 30.5 Å². The minimum absolute atomic E-state index is 0. The van der Waals surface area contributed by atoms with Gasteiger partial charge in [-0.05, 0) is 36.1 Å². The molecule has 3 heterocycles. The van der Waals surface area contributed by atoms with Crippen molar-refractivity contribution in [3.05, 3.63) is 59.9 Å². The van der Waals surface area contributed by atoms with Crippen LogP contribution in [-0.4, -0.2) is 49.2 Å². The van der Waals surface area contributed by atoms with Crippen molar-refractivity contribution in [3.63, 3.8) is 0 Å². The Morgan fingerprint density at radius 1 is 0.962 bits per heavy atom. The van der Waals surface area contributed by atoms with Gasteiger partial charge in [0.1, 0.15) is 0 Å². The van der Waals surface area contributed by atoms with Crippen molar-refractivity contribution in [3.8, 4) is 0 Å². The van der Waals surface area contributed by atoms with Gasteiger partial charge in [0, 0.05) is 50.8 Å². The lowest BCUT2D eigenvalue weighted by Crippen LogP contribution is -2.46. The number of rotatable bonds is 4. The van der Waals surface area contributed by atoms with Gasteiger partial charge in [-0.15, -0.1) is 24.8 Å². The highest BCUT2D eigenvalue weighted by Gasteiger charge is 2.22. The summed E-state index contributed by atoms with van der Waals surface area (Å²) >= 11 is 0. The predicted octanol–water partition coefficient (Wildman–Crippen LogP) is 3.75. The molecule has 1 fully saturated rings. The third kappa shape index (κ3) is 4.89. The largest absolute Gasteiger partial charge is 0.373 e. The maximum atomic E-state index is 6.04. The van der Waals surface area contributed by atoms with E-state index in [9.17, 15) is 0 Å². The number of ether oxygens (including phenoxy) is 1. The van der Waals surface area contributed by atoms with Crippen molar-refractivity contribution in [2.75, 3.05) is 44.2 Å². The molecule has 142 valence electrons. The van der Waals surface area contributed by atoms with Crippen LogP contribution in [0.1, 0.15) is 23.7 Å². The van der Waals surface area contributed by atoms with E-state index in [1.54, 1.807) is 0 Å². The highest BCUT2D eigenvalue weighted by Crippen LogP contribution is 2.29. The lowest BCUT2D eigenvalue weighted by molar-refractivity contribution is 0.0289. The van der Waals surface area contributed by atoms with Crippen molar-refractivity contribution in [2.45, 2.75) is 18.9 Å². The van der Waals surface area contributed by atoms with Crippen molar-refractivity contribution in [1.29, 1.82) is 0 Å². The van der Waals surface area contributed by atoms with E-state index < -0.39 is 0 Å². The molecule has 6 heteroatoms. The first-order valence-electron chi connectivity index (χ1n) is 8.97. The Labute approximate surface area is 168 Å². The van der Waals surface area contributed by atoms with Gasteiger partial charge in [0.15, 0.2) is 0 Å². The molecule has 4 nitrogen and oxygen atoms in total. The van der Waals surface area contributed by atoms with E-state index >= 15 is 0 Å². The van der Waals surface area contributed by atoms with Gasteiger partial charge >= 0.3 is 0 Å². The van der Waals surface area contributed by atoms with Crippen LogP contribution in [0.3, 0.4) is 0 Å². The topological polar surface area (TPSA) is 28.6 Å². The molecule has 1 atom stereocenters. The van der Waals surface area contributed by atoms with Gasteiger partial charge in [0.25, 0.3) is 0 Å². The van der Waals surface area contributed by atoms with Crippen LogP contribution < -0.4 is 4.90 Å². The summed E-state index contributed by atoms with van der Waals surface area (Å²) in [5.41, 5.74) is 4.16. The minimum Gasteiger partial charge on any atom is -0.373 e. The first kappa shape index (κ1) is 21.0. The normalized spacial score (nSPS) is 19.8. The summed E-state index contributed by atoms with van der Waals surface area (Å²) in [5.74, 6) is 0. The quantitative estimate of drug-likeness (QED) is 0.787. The summed E-state index contributed by atoms with van der Waals surface area (Å²) in [6.45, 7) is 6.40. The van der Waals surface area contributed by atoms with Crippen molar-refractivity contribution < 1.29 is 4.74 Å². The molecule has 2 aliphatic rings. The van der Waals surface area contributed by atoms with Crippen molar-refractivity contribution in [2.24, 2.45) is 0 Å². The van der Waals surface area contributed by atoms with E-state index in [0.29, 0.717) is 0 Å². The lowest BCUT2D eigenvalue weighted by atomic mass is 9.95. The molecule has 2 aliphatic heterocycles. The van der Waals surface area contributed by atoms with Crippen molar-refractivity contribution in [1.82, 2.24) is 9.88 Å². The molecule has 1 unspecified atom stereocenters. The lowest BCUT2D eigenvalue weighted by Gasteiger charge is -2.37. The summed E-state index contributed by atoms with van der Waals surface area (Å²) in [5, 5.41) is 0. The second-order valence-corrected chi connectivity index (χ2v) is 6.63. The molecule has 2 aromatic rings. The van der Waals surface area contributed by atoms with Crippen LogP contribution >= 0.6 is 24.8 Å². The molecule has 26 heavy (non-hydrogen) atoms. The average Bonchev–Trinajstić information content (AvgIpc) is 2.67. The second kappa shape index (κ2) is 10.1. The van der Waals surface area contributed by atoms with E-state index in [0.717, 1.165) is 52.2 Å². The number of anilines is 1. The van der Waals surface area contributed by atoms with E-state index in [4.69, 9.17) is 4.74 Å². The summed E-state index contributed by atoms with van der Waals surface area (Å²) < 4.78 is 6.04. The summed E-state index contributed by atoms with van der Waals surface area (Å²) in [4.78, 5) is 9.12. The van der Waals surface area contributed by atoms with Gasteiger partial charge in [-0.25, -0.2) is 0 Å². The van der Waals surface area contributed by atoms with E-state index in [-0.39, 0.29) is 30.9 Å². The summed E-state index contributed by atoms with van der Waals surface area (Å²) in [6.07, 6.45) is 6.16. The number of hydrogen-bond donors (Lipinski definition) is 0. The fourth-order valence-corrected chi connectivity index (χ4v) is 3.80. The zero-order valence-electron chi connectivity index (χ0n) is 14.9. The summed E-state index contributed by atoms with van der Waals surface area (Å²) in [7, 11) is 0. The summed E-state index contributed by atoms with van der Waals surface area (Å²) in [6, 6.07) is 13.0. The number of fused-ring (bicyclic) bond motifs is 1. The van der Waals surface area contributed by atoms with Crippen LogP contribution in [0, 0.1) is 0 Å². The van der Waals surface area contributed by atoms with Crippen LogP contribution in [0.4, 0.5) is 5.69 Å². The zero-order valence-corrected chi connectivity index (χ0v) is 16.6. The van der Waals surface area contributed by atoms with Gasteiger partial charge in [0.05, 0.1) is 12.7 Å². The maximum absolute atomic E-state index is 6.04. The number of halogens is 2. The fraction of sp³-hybridized carbons (Fsp3) is 0.450. The molecule has 0 aliphatic carbocycles. The first-order chi connectivity index (χ1) is 11.9. The molecule has 1 saturated heterocycles. The predicted molar refractivity (Wildman–Crippen MR) is 111 cm³/mol. The number of hydrogen-bond acceptors (Lipinski definition) is 4. The van der Waals surface area contributed by atoms with Crippen LogP contribution in [0.25, 0.3) is 0 Å². The van der Waals surface area contributed by atoms with E-state index in [1.807, 2.05) is 12.4 Å². The highest BCUT2D eigenvalue weighted by atomic mass is 35.5. The molecule has 0 saturated carbocycles. The molecule has 0 bridgehead atoms. The SMILES string of the molecule is Cl.Cl.c1ccc2c(c1)CCOC2CCN1CCN(c2ccncc2)CC1. The Morgan fingerprint density at radius 3 is 2.46 bits per heavy atom. The maximum Gasteiger partial charge on any atom is 0.0839 e. The highest BCUT2D eigenvalue weighted by molar-refractivity contribution is 5.85. The Morgan fingerprint density at radius 2 is 1.69 bits per heavy atom. The molecular formula is C20H27Cl2N3O. The second-order valence-electron chi connectivity index (χ2n) is 6.63. The number of nitrogens with zero attached hydrogens (tertiary/aromatic N) is 3. The third-order valence-electron chi connectivity index (χ3n) is 5.20. The van der Waals surface area contributed by atoms with Crippen LogP contribution in [0.2, 0.25) is 0 Å². The smallest absolute Gasteiger partial charge is 0.0839 e. The van der Waals surface area contributed by atoms with Gasteiger partial charge in [0.2, 0.25) is 0 Å². The molecule has 0 radical (unpaired) electrons. The van der Waals surface area contributed by atoms with Gasteiger partial charge in [-0.2, -0.15) is 0 Å². The molecule has 4 rings (SSSR count). The van der Waals surface area contributed by atoms with Crippen LogP contribution in [0.5, 0.6) is 0 Å². The van der Waals surface area contributed by atoms with Crippen LogP contribution in [-0.2, 0) is 11.2 Å². The molecular weight excluding hydrogens is 369 g/mol. The molecule has 1 aromatic heterocycles. The monoisotopic (exact) mass is 395 g/mol. The molecule has 0 spiro atoms. The molecule has 1 aromatic carbocycles. The number of piperazine rings is 1. The number of pyridine rings is 1. The molecule has 0 amide bonds. The Kier molecular flexibility index (Phi) is 8.16. The van der Waals surface area contributed by atoms with Crippen LogP contribution in [0.15, 0.2) is 48.8 Å². The average molecular weight is 396 g/mol. The van der Waals surface area contributed by atoms with E-state index in [1.165, 1.54) is 16.8 Å². The van der Waals surface area contributed by atoms with Gasteiger partial charge in [-0.3, -0.25) is 9.88 Å². The Bertz CT molecular complexity index is 663. The molecule has 0 N–H and O–H groups in total. The fourth-order valence-electron chi connectivity index (χ4n) is 3.80. The van der Waals surface area contributed by atoms with Gasteiger partial charge < -0.3 is 9.64 Å². The number of aromatic nitrogens is 1. The standard InChI is InChI=1S/C20H25N3O.2ClH/c1-2-4-19-17(3-1)8-16-24-20(19)7-11-22-12-14-23(15-13-22)18-5-9-21-10-6-18;;/h1-6,9-10,20H,7-8,11-16H2;2*1H.